The van der Waals surface area contributed by atoms with Crippen molar-refractivity contribution in [2.24, 2.45) is 0 Å². The lowest BCUT2D eigenvalue weighted by atomic mass is 9.91. The second-order valence-corrected chi connectivity index (χ2v) is 13.2. The average molecular weight is 717 g/mol. The molecule has 0 radical (unpaired) electrons. The molecule has 0 unspecified atom stereocenters. The summed E-state index contributed by atoms with van der Waals surface area (Å²) >= 11 is 0. The van der Waals surface area contributed by atoms with Gasteiger partial charge in [-0.2, -0.15) is 0 Å². The minimum absolute atomic E-state index is 0.553. The third kappa shape index (κ3) is 6.96. The van der Waals surface area contributed by atoms with Crippen LogP contribution in [0.3, 0.4) is 0 Å². The predicted octanol–water partition coefficient (Wildman–Crippen LogP) is 12.5. The highest BCUT2D eigenvalue weighted by molar-refractivity contribution is 5.90. The van der Waals surface area contributed by atoms with E-state index in [2.05, 4.69) is 59.4 Å². The fourth-order valence-corrected chi connectivity index (χ4v) is 6.81. The summed E-state index contributed by atoms with van der Waals surface area (Å²) in [5, 5.41) is 0. The van der Waals surface area contributed by atoms with E-state index in [-0.39, 0.29) is 0 Å². The summed E-state index contributed by atoms with van der Waals surface area (Å²) in [5.41, 5.74) is 11.7. The second-order valence-electron chi connectivity index (χ2n) is 13.2. The van der Waals surface area contributed by atoms with Gasteiger partial charge in [0.2, 0.25) is 0 Å². The Bertz CT molecular complexity index is 2720. The zero-order valence-electron chi connectivity index (χ0n) is 30.2. The molecule has 0 spiro atoms. The molecule has 0 saturated carbocycles. The first-order valence-corrected chi connectivity index (χ1v) is 18.3. The zero-order valence-corrected chi connectivity index (χ0v) is 30.2. The fourth-order valence-electron chi connectivity index (χ4n) is 6.81. The Morgan fingerprint density at radius 1 is 0.286 bits per heavy atom. The molecule has 262 valence electrons. The van der Waals surface area contributed by atoms with Crippen molar-refractivity contribution < 1.29 is 0 Å². The summed E-state index contributed by atoms with van der Waals surface area (Å²) in [6.45, 7) is 7.59. The quantitative estimate of drug-likeness (QED) is 0.146. The summed E-state index contributed by atoms with van der Waals surface area (Å²) < 4.78 is 0. The number of aromatic nitrogens is 5. The first-order valence-electron chi connectivity index (χ1n) is 18.3. The molecule has 0 amide bonds. The summed E-state index contributed by atoms with van der Waals surface area (Å²) in [6.07, 6.45) is 0. The molecule has 9 aromatic rings. The van der Waals surface area contributed by atoms with Gasteiger partial charge in [-0.15, -0.1) is 0 Å². The maximum atomic E-state index is 7.59. The van der Waals surface area contributed by atoms with Crippen molar-refractivity contribution in [2.45, 2.75) is 0 Å². The Balaban J connectivity index is 1.24. The van der Waals surface area contributed by atoms with E-state index in [1.807, 2.05) is 140 Å². The third-order valence-corrected chi connectivity index (χ3v) is 9.61. The van der Waals surface area contributed by atoms with E-state index in [4.69, 9.17) is 31.5 Å². The first-order chi connectivity index (χ1) is 27.7. The number of hydrogen-bond acceptors (Lipinski definition) is 5. The monoisotopic (exact) mass is 716 g/mol. The molecule has 0 aliphatic carbocycles. The van der Waals surface area contributed by atoms with Crippen molar-refractivity contribution in [1.29, 1.82) is 0 Å². The van der Waals surface area contributed by atoms with Gasteiger partial charge >= 0.3 is 0 Å². The van der Waals surface area contributed by atoms with E-state index in [9.17, 15) is 0 Å². The molecule has 7 aromatic carbocycles. The van der Waals surface area contributed by atoms with Gasteiger partial charge in [-0.05, 0) is 40.5 Å². The summed E-state index contributed by atoms with van der Waals surface area (Å²) in [7, 11) is 0. The van der Waals surface area contributed by atoms with Crippen LogP contribution < -0.4 is 0 Å². The maximum absolute atomic E-state index is 7.59. The van der Waals surface area contributed by atoms with Crippen LogP contribution in [0.25, 0.3) is 95.2 Å². The van der Waals surface area contributed by atoms with Crippen LogP contribution >= 0.6 is 0 Å². The minimum Gasteiger partial charge on any atom is -0.238 e. The molecular weight excluding hydrogens is 685 g/mol. The molecule has 2 heterocycles. The standard InChI is InChI=1S/C50H32N6/c1-51-40-29-26-34(27-30-40)44-32-39(28-31-43(44)50-55-48(37-20-10-4-11-21-37)54-49(56-50)38-22-12-5-13-23-38)41-24-14-15-25-42(41)46-33-45(35-16-6-2-7-17-35)52-47(53-46)36-18-8-3-9-19-36/h2-33H. The molecule has 56 heavy (non-hydrogen) atoms. The van der Waals surface area contributed by atoms with Gasteiger partial charge in [0.15, 0.2) is 29.0 Å². The van der Waals surface area contributed by atoms with Crippen molar-refractivity contribution in [2.75, 3.05) is 0 Å². The molecule has 0 atom stereocenters. The largest absolute Gasteiger partial charge is 0.238 e. The van der Waals surface area contributed by atoms with Crippen LogP contribution in [0.4, 0.5) is 5.69 Å². The lowest BCUT2D eigenvalue weighted by Gasteiger charge is -2.16. The van der Waals surface area contributed by atoms with E-state index in [0.717, 1.165) is 67.0 Å². The second kappa shape index (κ2) is 15.2. The molecule has 6 heteroatoms. The van der Waals surface area contributed by atoms with Crippen LogP contribution in [-0.2, 0) is 0 Å². The Morgan fingerprint density at radius 2 is 0.732 bits per heavy atom. The molecule has 0 fully saturated rings. The SMILES string of the molecule is [C-]#[N+]c1ccc(-c2cc(-c3ccccc3-c3cc(-c4ccccc4)nc(-c4ccccc4)n3)ccc2-c2nc(-c3ccccc3)nc(-c3ccccc3)n2)cc1. The van der Waals surface area contributed by atoms with Gasteiger partial charge in [0, 0.05) is 33.4 Å². The molecule has 0 aliphatic heterocycles. The van der Waals surface area contributed by atoms with E-state index < -0.39 is 0 Å². The molecule has 0 saturated heterocycles. The Labute approximate surface area is 325 Å². The normalized spacial score (nSPS) is 10.8. The number of nitrogens with zero attached hydrogens (tertiary/aromatic N) is 6. The first kappa shape index (κ1) is 33.9. The van der Waals surface area contributed by atoms with Gasteiger partial charge in [0.25, 0.3) is 0 Å². The Hall–Kier alpha value is -7.88. The van der Waals surface area contributed by atoms with Crippen molar-refractivity contribution >= 4 is 5.69 Å². The molecule has 6 nitrogen and oxygen atoms in total. The van der Waals surface area contributed by atoms with Crippen LogP contribution in [0.1, 0.15) is 0 Å². The van der Waals surface area contributed by atoms with E-state index >= 15 is 0 Å². The summed E-state index contributed by atoms with van der Waals surface area (Å²) in [4.78, 5) is 28.9. The van der Waals surface area contributed by atoms with Crippen molar-refractivity contribution in [3.05, 3.63) is 206 Å². The zero-order chi connectivity index (χ0) is 37.7. The van der Waals surface area contributed by atoms with Crippen LogP contribution in [0.2, 0.25) is 0 Å². The van der Waals surface area contributed by atoms with Crippen molar-refractivity contribution in [3.8, 4) is 90.3 Å². The molecule has 0 bridgehead atoms. The highest BCUT2D eigenvalue weighted by atomic mass is 15.0. The van der Waals surface area contributed by atoms with Crippen LogP contribution in [0, 0.1) is 6.57 Å². The maximum Gasteiger partial charge on any atom is 0.187 e. The lowest BCUT2D eigenvalue weighted by molar-refractivity contribution is 1.07. The third-order valence-electron chi connectivity index (χ3n) is 9.61. The smallest absolute Gasteiger partial charge is 0.187 e. The van der Waals surface area contributed by atoms with Gasteiger partial charge < -0.3 is 0 Å². The summed E-state index contributed by atoms with van der Waals surface area (Å²) in [5.74, 6) is 2.39. The van der Waals surface area contributed by atoms with Crippen molar-refractivity contribution in [3.63, 3.8) is 0 Å². The average Bonchev–Trinajstić information content (AvgIpc) is 3.29. The van der Waals surface area contributed by atoms with E-state index in [1.165, 1.54) is 0 Å². The lowest BCUT2D eigenvalue weighted by Crippen LogP contribution is -2.01. The van der Waals surface area contributed by atoms with Gasteiger partial charge in [-0.3, -0.25) is 0 Å². The van der Waals surface area contributed by atoms with Gasteiger partial charge in [-0.1, -0.05) is 176 Å². The fraction of sp³-hybridized carbons (Fsp3) is 0. The number of hydrogen-bond donors (Lipinski definition) is 0. The van der Waals surface area contributed by atoms with Crippen LogP contribution in [-0.4, -0.2) is 24.9 Å². The summed E-state index contributed by atoms with van der Waals surface area (Å²) in [6, 6.07) is 64.8. The highest BCUT2D eigenvalue weighted by Gasteiger charge is 2.19. The predicted molar refractivity (Wildman–Crippen MR) is 225 cm³/mol. The van der Waals surface area contributed by atoms with Gasteiger partial charge in [0.05, 0.1) is 18.0 Å². The highest BCUT2D eigenvalue weighted by Crippen LogP contribution is 2.40. The van der Waals surface area contributed by atoms with E-state index in [1.54, 1.807) is 0 Å². The Kier molecular flexibility index (Phi) is 9.23. The molecular formula is C50H32N6. The van der Waals surface area contributed by atoms with Crippen LogP contribution in [0.15, 0.2) is 194 Å². The number of benzene rings is 7. The molecule has 9 rings (SSSR count). The molecule has 2 aromatic heterocycles. The van der Waals surface area contributed by atoms with Gasteiger partial charge in [0.1, 0.15) is 0 Å². The van der Waals surface area contributed by atoms with E-state index in [0.29, 0.717) is 29.0 Å². The van der Waals surface area contributed by atoms with Crippen LogP contribution in [0.5, 0.6) is 0 Å². The molecule has 0 N–H and O–H groups in total. The van der Waals surface area contributed by atoms with Crippen molar-refractivity contribution in [1.82, 2.24) is 24.9 Å². The minimum atomic E-state index is 0.553. The molecule has 0 aliphatic rings. The van der Waals surface area contributed by atoms with Gasteiger partial charge in [-0.25, -0.2) is 29.8 Å². The topological polar surface area (TPSA) is 68.8 Å². The number of rotatable bonds is 8. The Morgan fingerprint density at radius 3 is 1.29 bits per heavy atom.